The van der Waals surface area contributed by atoms with Crippen LogP contribution in [0.2, 0.25) is 0 Å². The van der Waals surface area contributed by atoms with Gasteiger partial charge in [-0.2, -0.15) is 0 Å². The fourth-order valence-electron chi connectivity index (χ4n) is 3.17. The molecule has 1 aliphatic heterocycles. The largest absolute Gasteiger partial charge is 0.318 e. The summed E-state index contributed by atoms with van der Waals surface area (Å²) in [6.45, 7) is 2.22. The van der Waals surface area contributed by atoms with Gasteiger partial charge in [-0.25, -0.2) is 0 Å². The second kappa shape index (κ2) is 5.19. The molecule has 22 heavy (non-hydrogen) atoms. The number of para-hydroxylation sites is 2. The molecule has 2 heterocycles. The molecule has 1 unspecified atom stereocenters. The van der Waals surface area contributed by atoms with Gasteiger partial charge in [-0.05, 0) is 37.3 Å². The van der Waals surface area contributed by atoms with Crippen molar-refractivity contribution in [1.82, 2.24) is 4.98 Å². The first-order chi connectivity index (χ1) is 10.9. The highest BCUT2D eigenvalue weighted by molar-refractivity contribution is 5.87. The Bertz CT molecular complexity index is 704. The summed E-state index contributed by atoms with van der Waals surface area (Å²) in [6.07, 6.45) is 4.00. The van der Waals surface area contributed by atoms with E-state index in [1.807, 2.05) is 24.5 Å². The molecule has 0 spiro atoms. The summed E-state index contributed by atoms with van der Waals surface area (Å²) >= 11 is 0. The lowest BCUT2D eigenvalue weighted by Gasteiger charge is -2.30. The lowest BCUT2D eigenvalue weighted by Crippen LogP contribution is -2.35. The van der Waals surface area contributed by atoms with Crippen LogP contribution < -0.4 is 9.80 Å². The van der Waals surface area contributed by atoms with Gasteiger partial charge in [-0.15, -0.1) is 0 Å². The molecule has 0 bridgehead atoms. The summed E-state index contributed by atoms with van der Waals surface area (Å²) in [5.41, 5.74) is 4.71. The first kappa shape index (κ1) is 12.9. The second-order valence-corrected chi connectivity index (χ2v) is 5.41. The van der Waals surface area contributed by atoms with E-state index < -0.39 is 0 Å². The van der Waals surface area contributed by atoms with Crippen molar-refractivity contribution in [3.8, 4) is 0 Å². The summed E-state index contributed by atoms with van der Waals surface area (Å²) < 4.78 is 0. The van der Waals surface area contributed by atoms with Gasteiger partial charge in [0.05, 0.1) is 17.6 Å². The van der Waals surface area contributed by atoms with Crippen molar-refractivity contribution >= 4 is 22.7 Å². The smallest absolute Gasteiger partial charge is 0.108 e. The number of pyridine rings is 1. The average Bonchev–Trinajstić information content (AvgIpc) is 2.88. The van der Waals surface area contributed by atoms with E-state index in [2.05, 4.69) is 76.3 Å². The molecule has 0 saturated carbocycles. The van der Waals surface area contributed by atoms with E-state index in [-0.39, 0.29) is 6.17 Å². The van der Waals surface area contributed by atoms with Gasteiger partial charge >= 0.3 is 0 Å². The highest BCUT2D eigenvalue weighted by atomic mass is 15.4. The van der Waals surface area contributed by atoms with Gasteiger partial charge in [0.2, 0.25) is 0 Å². The summed E-state index contributed by atoms with van der Waals surface area (Å²) in [4.78, 5) is 9.01. The van der Waals surface area contributed by atoms with Gasteiger partial charge in [0, 0.05) is 17.6 Å². The number of fused-ring (bicyclic) bond motifs is 1. The van der Waals surface area contributed by atoms with E-state index in [1.165, 1.54) is 17.1 Å². The van der Waals surface area contributed by atoms with E-state index >= 15 is 0 Å². The maximum atomic E-state index is 4.33. The number of rotatable bonds is 2. The predicted molar refractivity (Wildman–Crippen MR) is 90.9 cm³/mol. The average molecular weight is 287 g/mol. The van der Waals surface area contributed by atoms with Crippen LogP contribution in [0.25, 0.3) is 0 Å². The first-order valence-electron chi connectivity index (χ1n) is 7.49. The zero-order valence-corrected chi connectivity index (χ0v) is 12.4. The number of aromatic nitrogens is 1. The van der Waals surface area contributed by atoms with E-state index in [0.29, 0.717) is 0 Å². The number of hydrogen-bond donors (Lipinski definition) is 0. The molecule has 108 valence electrons. The van der Waals surface area contributed by atoms with Crippen molar-refractivity contribution in [3.63, 3.8) is 0 Å². The van der Waals surface area contributed by atoms with Crippen LogP contribution in [0.5, 0.6) is 0 Å². The fraction of sp³-hybridized carbons (Fsp3) is 0.105. The summed E-state index contributed by atoms with van der Waals surface area (Å²) in [6, 6.07) is 23.1. The van der Waals surface area contributed by atoms with Crippen LogP contribution in [-0.2, 0) is 0 Å². The molecule has 0 amide bonds. The van der Waals surface area contributed by atoms with Gasteiger partial charge in [-0.3, -0.25) is 4.98 Å². The van der Waals surface area contributed by atoms with E-state index in [1.54, 1.807) is 0 Å². The Morgan fingerprint density at radius 3 is 1.86 bits per heavy atom. The molecule has 1 atom stereocenters. The molecule has 0 fully saturated rings. The van der Waals surface area contributed by atoms with Gasteiger partial charge in [0.1, 0.15) is 6.17 Å². The highest BCUT2D eigenvalue weighted by Crippen LogP contribution is 2.46. The molecule has 3 nitrogen and oxygen atoms in total. The van der Waals surface area contributed by atoms with Crippen molar-refractivity contribution in [2.24, 2.45) is 0 Å². The third-order valence-corrected chi connectivity index (χ3v) is 4.11. The van der Waals surface area contributed by atoms with Gasteiger partial charge in [0.25, 0.3) is 0 Å². The minimum Gasteiger partial charge on any atom is -0.318 e. The number of hydrogen-bond acceptors (Lipinski definition) is 3. The lowest BCUT2D eigenvalue weighted by atomic mass is 10.2. The molecule has 4 rings (SSSR count). The van der Waals surface area contributed by atoms with Crippen LogP contribution in [0.4, 0.5) is 22.7 Å². The van der Waals surface area contributed by atoms with Crippen LogP contribution in [0, 0.1) is 0 Å². The fourth-order valence-corrected chi connectivity index (χ4v) is 3.17. The van der Waals surface area contributed by atoms with Crippen molar-refractivity contribution in [1.29, 1.82) is 0 Å². The zero-order valence-electron chi connectivity index (χ0n) is 12.4. The molecular weight excluding hydrogens is 270 g/mol. The van der Waals surface area contributed by atoms with E-state index in [9.17, 15) is 0 Å². The standard InChI is InChI=1S/C19H17N3/c1-15-21(16-8-4-2-5-9-16)18-12-13-20-14-19(18)22(15)17-10-6-3-7-11-17/h2-15H,1H3. The molecule has 3 aromatic rings. The molecule has 0 N–H and O–H groups in total. The third-order valence-electron chi connectivity index (χ3n) is 4.11. The van der Waals surface area contributed by atoms with Crippen molar-refractivity contribution in [2.75, 3.05) is 9.80 Å². The Labute approximate surface area is 130 Å². The van der Waals surface area contributed by atoms with Crippen molar-refractivity contribution in [2.45, 2.75) is 13.1 Å². The van der Waals surface area contributed by atoms with Crippen LogP contribution in [0.3, 0.4) is 0 Å². The number of nitrogens with zero attached hydrogens (tertiary/aromatic N) is 3. The molecule has 3 heteroatoms. The zero-order chi connectivity index (χ0) is 14.9. The second-order valence-electron chi connectivity index (χ2n) is 5.41. The van der Waals surface area contributed by atoms with Gasteiger partial charge < -0.3 is 9.80 Å². The molecule has 2 aromatic carbocycles. The first-order valence-corrected chi connectivity index (χ1v) is 7.49. The number of anilines is 4. The van der Waals surface area contributed by atoms with Crippen molar-refractivity contribution < 1.29 is 0 Å². The lowest BCUT2D eigenvalue weighted by molar-refractivity contribution is 0.761. The van der Waals surface area contributed by atoms with Gasteiger partial charge in [0.15, 0.2) is 0 Å². The maximum absolute atomic E-state index is 4.33. The maximum Gasteiger partial charge on any atom is 0.108 e. The SMILES string of the molecule is CC1N(c2ccccc2)c2ccncc2N1c1ccccc1. The Kier molecular flexibility index (Phi) is 3.04. The minimum absolute atomic E-state index is 0.198. The summed E-state index contributed by atoms with van der Waals surface area (Å²) in [7, 11) is 0. The molecule has 0 saturated heterocycles. The van der Waals surface area contributed by atoms with Gasteiger partial charge in [-0.1, -0.05) is 36.4 Å². The normalized spacial score (nSPS) is 16.7. The molecule has 1 aromatic heterocycles. The van der Waals surface area contributed by atoms with Crippen LogP contribution in [-0.4, -0.2) is 11.1 Å². The molecule has 0 radical (unpaired) electrons. The van der Waals surface area contributed by atoms with Crippen molar-refractivity contribution in [3.05, 3.63) is 79.1 Å². The van der Waals surface area contributed by atoms with E-state index in [4.69, 9.17) is 0 Å². The topological polar surface area (TPSA) is 19.4 Å². The summed E-state index contributed by atoms with van der Waals surface area (Å²) in [5.74, 6) is 0. The Morgan fingerprint density at radius 1 is 0.727 bits per heavy atom. The van der Waals surface area contributed by atoms with Crippen LogP contribution >= 0.6 is 0 Å². The Hall–Kier alpha value is -2.81. The Balaban J connectivity index is 1.87. The van der Waals surface area contributed by atoms with Crippen LogP contribution in [0.1, 0.15) is 6.92 Å². The number of benzene rings is 2. The third kappa shape index (κ3) is 1.94. The van der Waals surface area contributed by atoms with Crippen LogP contribution in [0.15, 0.2) is 79.1 Å². The minimum atomic E-state index is 0.198. The highest BCUT2D eigenvalue weighted by Gasteiger charge is 2.34. The molecule has 0 aliphatic carbocycles. The van der Waals surface area contributed by atoms with E-state index in [0.717, 1.165) is 5.69 Å². The molecule has 1 aliphatic rings. The molecular formula is C19H17N3. The summed E-state index contributed by atoms with van der Waals surface area (Å²) in [5, 5.41) is 0. The monoisotopic (exact) mass is 287 g/mol. The quantitative estimate of drug-likeness (QED) is 0.680. The predicted octanol–water partition coefficient (Wildman–Crippen LogP) is 4.72. The Morgan fingerprint density at radius 2 is 1.27 bits per heavy atom.